The number of thiazole rings is 1. The first-order valence-electron chi connectivity index (χ1n) is 12.3. The van der Waals surface area contributed by atoms with Gasteiger partial charge in [-0.05, 0) is 88.0 Å². The molecule has 39 heavy (non-hydrogen) atoms. The highest BCUT2D eigenvalue weighted by molar-refractivity contribution is 14.1. The first-order valence-corrected chi connectivity index (χ1v) is 14.6. The zero-order valence-electron chi connectivity index (χ0n) is 21.0. The molecule has 1 aliphatic heterocycles. The molecule has 0 radical (unpaired) electrons. The normalized spacial score (nSPS) is 16.2. The maximum atomic E-state index is 14.0. The van der Waals surface area contributed by atoms with Gasteiger partial charge in [-0.25, -0.2) is 4.99 Å². The number of hydrogen-bond donors (Lipinski definition) is 0. The van der Waals surface area contributed by atoms with Gasteiger partial charge < -0.3 is 9.47 Å². The Hall–Kier alpha value is -3.21. The van der Waals surface area contributed by atoms with E-state index in [0.29, 0.717) is 29.4 Å². The van der Waals surface area contributed by atoms with Gasteiger partial charge in [-0.15, -0.1) is 0 Å². The van der Waals surface area contributed by atoms with Gasteiger partial charge in [0.15, 0.2) is 16.3 Å². The van der Waals surface area contributed by atoms with Crippen LogP contribution in [-0.4, -0.2) is 17.6 Å². The smallest absolute Gasteiger partial charge is 0.308 e. The topological polar surface area (TPSA) is 69.9 Å². The Balaban J connectivity index is 1.56. The van der Waals surface area contributed by atoms with Crippen molar-refractivity contribution >= 4 is 63.3 Å². The fourth-order valence-corrected chi connectivity index (χ4v) is 7.05. The molecule has 0 spiro atoms. The average Bonchev–Trinajstić information content (AvgIpc) is 3.23. The summed E-state index contributed by atoms with van der Waals surface area (Å²) in [6.45, 7) is 1.35. The SMILES string of the molecule is COc1cc(/C=c2/sc3n(c2=O)[C@H](c2ccc(Cl)cc2)C2=C(N=3)c3ccccc3CC2)cc(I)c1OC(C)=O. The third-order valence-corrected chi connectivity index (χ3v) is 8.89. The van der Waals surface area contributed by atoms with E-state index < -0.39 is 5.97 Å². The van der Waals surface area contributed by atoms with Crippen LogP contribution in [0.5, 0.6) is 11.5 Å². The lowest BCUT2D eigenvalue weighted by atomic mass is 9.83. The number of allylic oxidation sites excluding steroid dienone is 1. The van der Waals surface area contributed by atoms with Gasteiger partial charge in [0.05, 0.1) is 27.0 Å². The second-order valence-electron chi connectivity index (χ2n) is 9.29. The molecule has 0 unspecified atom stereocenters. The molecule has 1 aromatic heterocycles. The van der Waals surface area contributed by atoms with Crippen molar-refractivity contribution in [2.45, 2.75) is 25.8 Å². The van der Waals surface area contributed by atoms with Gasteiger partial charge in [0.2, 0.25) is 0 Å². The molecular weight excluding hydrogens is 647 g/mol. The van der Waals surface area contributed by atoms with Crippen LogP contribution in [0.1, 0.15) is 41.6 Å². The maximum Gasteiger partial charge on any atom is 0.308 e. The standard InChI is InChI=1S/C30H22ClIN2O4S/c1-16(35)38-28-23(32)13-17(14-24(28)37-2)15-25-29(36)34-27(19-7-10-20(31)11-8-19)22-12-9-18-5-3-4-6-21(18)26(22)33-30(34)39-25/h3-8,10-11,13-15,27H,9,12H2,1-2H3/b25-15+/t27-/m1/s1. The summed E-state index contributed by atoms with van der Waals surface area (Å²) < 4.78 is 13.9. The number of aromatic nitrogens is 1. The molecule has 0 saturated heterocycles. The van der Waals surface area contributed by atoms with Crippen LogP contribution >= 0.6 is 45.5 Å². The number of nitrogens with zero attached hydrogens (tertiary/aromatic N) is 2. The molecule has 6 rings (SSSR count). The molecule has 0 fully saturated rings. The van der Waals surface area contributed by atoms with Crippen molar-refractivity contribution in [3.05, 3.63) is 117 Å². The number of hydrogen-bond acceptors (Lipinski definition) is 6. The number of fused-ring (bicyclic) bond motifs is 3. The first kappa shape index (κ1) is 26.0. The summed E-state index contributed by atoms with van der Waals surface area (Å²) in [4.78, 5) is 31.2. The third kappa shape index (κ3) is 4.74. The van der Waals surface area contributed by atoms with E-state index in [1.807, 2.05) is 47.0 Å². The van der Waals surface area contributed by atoms with Gasteiger partial charge in [-0.2, -0.15) is 0 Å². The highest BCUT2D eigenvalue weighted by Gasteiger charge is 2.32. The molecule has 2 heterocycles. The molecule has 0 saturated carbocycles. The van der Waals surface area contributed by atoms with E-state index in [1.165, 1.54) is 30.9 Å². The molecule has 4 aromatic rings. The number of halogens is 2. The van der Waals surface area contributed by atoms with Crippen LogP contribution in [0.4, 0.5) is 0 Å². The van der Waals surface area contributed by atoms with E-state index in [0.717, 1.165) is 40.8 Å². The molecule has 0 amide bonds. The van der Waals surface area contributed by atoms with Crippen molar-refractivity contribution < 1.29 is 14.3 Å². The zero-order valence-corrected chi connectivity index (χ0v) is 24.8. The van der Waals surface area contributed by atoms with E-state index in [1.54, 1.807) is 6.07 Å². The summed E-state index contributed by atoms with van der Waals surface area (Å²) in [6, 6.07) is 19.4. The van der Waals surface area contributed by atoms with Gasteiger partial charge in [0.1, 0.15) is 0 Å². The number of ether oxygens (including phenoxy) is 2. The highest BCUT2D eigenvalue weighted by Crippen LogP contribution is 2.41. The molecule has 6 nitrogen and oxygen atoms in total. The number of benzene rings is 3. The van der Waals surface area contributed by atoms with Crippen molar-refractivity contribution in [1.82, 2.24) is 4.57 Å². The molecule has 196 valence electrons. The minimum absolute atomic E-state index is 0.109. The lowest BCUT2D eigenvalue weighted by Gasteiger charge is -2.30. The van der Waals surface area contributed by atoms with Crippen molar-refractivity contribution in [3.63, 3.8) is 0 Å². The summed E-state index contributed by atoms with van der Waals surface area (Å²) in [7, 11) is 1.52. The Kier molecular flexibility index (Phi) is 6.95. The number of rotatable bonds is 4. The van der Waals surface area contributed by atoms with E-state index in [4.69, 9.17) is 26.1 Å². The van der Waals surface area contributed by atoms with Gasteiger partial charge in [-0.1, -0.05) is 59.3 Å². The van der Waals surface area contributed by atoms with Crippen LogP contribution in [0.15, 0.2) is 76.0 Å². The minimum Gasteiger partial charge on any atom is -0.493 e. The number of methoxy groups -OCH3 is 1. The van der Waals surface area contributed by atoms with Crippen LogP contribution in [0, 0.1) is 3.57 Å². The van der Waals surface area contributed by atoms with Crippen LogP contribution in [0.3, 0.4) is 0 Å². The summed E-state index contributed by atoms with van der Waals surface area (Å²) in [5, 5.41) is 0.648. The first-order chi connectivity index (χ1) is 18.8. The molecule has 1 atom stereocenters. The molecule has 9 heteroatoms. The van der Waals surface area contributed by atoms with Crippen LogP contribution in [0.2, 0.25) is 5.02 Å². The van der Waals surface area contributed by atoms with Crippen molar-refractivity contribution in [1.29, 1.82) is 0 Å². The van der Waals surface area contributed by atoms with E-state index in [-0.39, 0.29) is 11.6 Å². The predicted octanol–water partition coefficient (Wildman–Crippen LogP) is 5.51. The summed E-state index contributed by atoms with van der Waals surface area (Å²) >= 11 is 9.68. The predicted molar refractivity (Wildman–Crippen MR) is 161 cm³/mol. The van der Waals surface area contributed by atoms with Crippen LogP contribution in [-0.2, 0) is 11.2 Å². The zero-order chi connectivity index (χ0) is 27.3. The van der Waals surface area contributed by atoms with Gasteiger partial charge in [0, 0.05) is 17.5 Å². The van der Waals surface area contributed by atoms with Gasteiger partial charge in [0.25, 0.3) is 5.56 Å². The summed E-state index contributed by atoms with van der Waals surface area (Å²) in [6.07, 6.45) is 3.55. The number of esters is 1. The molecular formula is C30H22ClIN2O4S. The maximum absolute atomic E-state index is 14.0. The molecule has 3 aromatic carbocycles. The molecule has 2 aliphatic rings. The lowest BCUT2D eigenvalue weighted by molar-refractivity contribution is -0.132. The Morgan fingerprint density at radius 3 is 2.67 bits per heavy atom. The second-order valence-corrected chi connectivity index (χ2v) is 11.9. The Bertz CT molecular complexity index is 1860. The van der Waals surface area contributed by atoms with Gasteiger partial charge in [-0.3, -0.25) is 14.2 Å². The van der Waals surface area contributed by atoms with Crippen molar-refractivity contribution in [2.24, 2.45) is 4.99 Å². The van der Waals surface area contributed by atoms with Crippen LogP contribution < -0.4 is 24.4 Å². The van der Waals surface area contributed by atoms with E-state index in [2.05, 4.69) is 40.8 Å². The fraction of sp³-hybridized carbons (Fsp3) is 0.167. The molecule has 1 aliphatic carbocycles. The number of carbonyl (C=O) groups is 1. The van der Waals surface area contributed by atoms with Gasteiger partial charge >= 0.3 is 5.97 Å². The summed E-state index contributed by atoms with van der Waals surface area (Å²) in [5.74, 6) is 0.348. The Labute approximate surface area is 247 Å². The minimum atomic E-state index is -0.431. The average molecular weight is 669 g/mol. The number of carbonyl (C=O) groups excluding carboxylic acids is 1. The fourth-order valence-electron chi connectivity index (χ4n) is 5.18. The Morgan fingerprint density at radius 2 is 1.92 bits per heavy atom. The van der Waals surface area contributed by atoms with Crippen molar-refractivity contribution in [3.8, 4) is 11.5 Å². The van der Waals surface area contributed by atoms with Crippen molar-refractivity contribution in [2.75, 3.05) is 7.11 Å². The molecule has 0 bridgehead atoms. The third-order valence-electron chi connectivity index (χ3n) is 6.85. The van der Waals surface area contributed by atoms with E-state index in [9.17, 15) is 9.59 Å². The molecule has 0 N–H and O–H groups in total. The quantitative estimate of drug-likeness (QED) is 0.164. The van der Waals surface area contributed by atoms with E-state index >= 15 is 0 Å². The monoisotopic (exact) mass is 668 g/mol. The highest BCUT2D eigenvalue weighted by atomic mass is 127. The Morgan fingerprint density at radius 1 is 1.15 bits per heavy atom. The second kappa shape index (κ2) is 10.4. The van der Waals surface area contributed by atoms with Crippen LogP contribution in [0.25, 0.3) is 11.8 Å². The largest absolute Gasteiger partial charge is 0.493 e. The lowest BCUT2D eigenvalue weighted by Crippen LogP contribution is -2.38. The number of aryl methyl sites for hydroxylation is 1. The summed E-state index contributed by atoms with van der Waals surface area (Å²) in [5.41, 5.74) is 6.12.